The van der Waals surface area contributed by atoms with Gasteiger partial charge in [0.25, 0.3) is 5.91 Å². The number of nitrogens with zero attached hydrogens (tertiary/aromatic N) is 2. The standard InChI is InChI=1S/C26H26F3N3O3/c27-26(28,29)19-5-3-17(4-6-19)14-18-2-1-13-32-22(18)20(16-30-32)23(35)31-25-10-7-24(8-11-25,9-12-25)15-21(33)34/h1-6,13,16H,7-12,14-15H2,(H,31,35)(H,33,34). The number of halogens is 3. The summed E-state index contributed by atoms with van der Waals surface area (Å²) in [6, 6.07) is 8.68. The molecule has 3 aromatic rings. The fraction of sp³-hybridized carbons (Fsp3) is 0.423. The first-order valence-corrected chi connectivity index (χ1v) is 11.7. The van der Waals surface area contributed by atoms with Gasteiger partial charge in [0, 0.05) is 11.7 Å². The van der Waals surface area contributed by atoms with Crippen LogP contribution in [0.4, 0.5) is 13.2 Å². The van der Waals surface area contributed by atoms with E-state index in [1.807, 2.05) is 6.07 Å². The number of aromatic nitrogens is 2. The number of carboxylic acids is 1. The van der Waals surface area contributed by atoms with Gasteiger partial charge in [0.05, 0.1) is 29.3 Å². The maximum absolute atomic E-state index is 13.4. The maximum atomic E-state index is 13.4. The van der Waals surface area contributed by atoms with Crippen LogP contribution in [0, 0.1) is 5.41 Å². The molecule has 2 aromatic heterocycles. The van der Waals surface area contributed by atoms with E-state index in [1.165, 1.54) is 18.3 Å². The number of benzene rings is 1. The summed E-state index contributed by atoms with van der Waals surface area (Å²) in [6.45, 7) is 0. The van der Waals surface area contributed by atoms with Crippen molar-refractivity contribution in [3.05, 3.63) is 71.0 Å². The number of carbonyl (C=O) groups is 2. The molecule has 3 aliphatic carbocycles. The summed E-state index contributed by atoms with van der Waals surface area (Å²) in [7, 11) is 0. The SMILES string of the molecule is O=C(O)CC12CCC(NC(=O)c3cnn4cccc(Cc5ccc(C(F)(F)F)cc5)c34)(CC1)CC2. The van der Waals surface area contributed by atoms with Gasteiger partial charge < -0.3 is 10.4 Å². The van der Waals surface area contributed by atoms with Gasteiger partial charge in [-0.2, -0.15) is 18.3 Å². The number of rotatable bonds is 6. The highest BCUT2D eigenvalue weighted by Crippen LogP contribution is 2.54. The van der Waals surface area contributed by atoms with Crippen molar-refractivity contribution in [2.24, 2.45) is 5.41 Å². The smallest absolute Gasteiger partial charge is 0.416 e. The van der Waals surface area contributed by atoms with Crippen LogP contribution in [-0.2, 0) is 17.4 Å². The fourth-order valence-electron chi connectivity index (χ4n) is 5.80. The summed E-state index contributed by atoms with van der Waals surface area (Å²) in [5.74, 6) is -0.997. The quantitative estimate of drug-likeness (QED) is 0.500. The minimum absolute atomic E-state index is 0.155. The molecule has 0 aliphatic heterocycles. The average molecular weight is 486 g/mol. The third-order valence-electron chi connectivity index (χ3n) is 7.85. The van der Waals surface area contributed by atoms with Crippen LogP contribution >= 0.6 is 0 Å². The van der Waals surface area contributed by atoms with Gasteiger partial charge in [-0.15, -0.1) is 0 Å². The topological polar surface area (TPSA) is 83.7 Å². The Morgan fingerprint density at radius 3 is 2.29 bits per heavy atom. The second-order valence-corrected chi connectivity index (χ2v) is 10.1. The van der Waals surface area contributed by atoms with Gasteiger partial charge in [-0.1, -0.05) is 18.2 Å². The number of nitrogens with one attached hydrogen (secondary N) is 1. The van der Waals surface area contributed by atoms with Crippen molar-refractivity contribution in [2.45, 2.75) is 63.1 Å². The van der Waals surface area contributed by atoms with Crippen molar-refractivity contribution in [2.75, 3.05) is 0 Å². The van der Waals surface area contributed by atoms with Crippen LogP contribution in [0.2, 0.25) is 0 Å². The Bertz CT molecular complexity index is 1260. The van der Waals surface area contributed by atoms with E-state index >= 15 is 0 Å². The zero-order valence-corrected chi connectivity index (χ0v) is 19.1. The summed E-state index contributed by atoms with van der Waals surface area (Å²) < 4.78 is 40.3. The van der Waals surface area contributed by atoms with Gasteiger partial charge in [0.15, 0.2) is 0 Å². The number of fused-ring (bicyclic) bond motifs is 4. The number of aliphatic carboxylic acids is 1. The fourth-order valence-corrected chi connectivity index (χ4v) is 5.80. The molecule has 2 N–H and O–H groups in total. The molecule has 0 saturated heterocycles. The van der Waals surface area contributed by atoms with Crippen LogP contribution in [-0.4, -0.2) is 32.1 Å². The van der Waals surface area contributed by atoms with Crippen molar-refractivity contribution in [1.82, 2.24) is 14.9 Å². The first-order chi connectivity index (χ1) is 16.6. The summed E-state index contributed by atoms with van der Waals surface area (Å²) in [5, 5.41) is 16.8. The summed E-state index contributed by atoms with van der Waals surface area (Å²) >= 11 is 0. The molecule has 184 valence electrons. The minimum atomic E-state index is -4.39. The Morgan fingerprint density at radius 2 is 1.69 bits per heavy atom. The van der Waals surface area contributed by atoms with Crippen LogP contribution < -0.4 is 5.32 Å². The van der Waals surface area contributed by atoms with Gasteiger partial charge in [0.1, 0.15) is 0 Å². The van der Waals surface area contributed by atoms with Gasteiger partial charge in [-0.3, -0.25) is 9.59 Å². The lowest BCUT2D eigenvalue weighted by molar-refractivity contribution is -0.142. The molecule has 0 unspecified atom stereocenters. The number of carboxylic acid groups (broad SMARTS) is 1. The molecule has 2 heterocycles. The summed E-state index contributed by atoms with van der Waals surface area (Å²) in [4.78, 5) is 24.7. The number of hydrogen-bond donors (Lipinski definition) is 2. The number of hydrogen-bond acceptors (Lipinski definition) is 3. The molecule has 35 heavy (non-hydrogen) atoms. The second kappa shape index (κ2) is 8.39. The number of alkyl halides is 3. The third kappa shape index (κ3) is 4.51. The Balaban J connectivity index is 1.36. The van der Waals surface area contributed by atoms with E-state index in [0.29, 0.717) is 23.1 Å². The molecule has 6 rings (SSSR count). The second-order valence-electron chi connectivity index (χ2n) is 10.1. The highest BCUT2D eigenvalue weighted by molar-refractivity contribution is 6.01. The van der Waals surface area contributed by atoms with E-state index in [2.05, 4.69) is 10.4 Å². The minimum Gasteiger partial charge on any atom is -0.481 e. The predicted octanol–water partition coefficient (Wildman–Crippen LogP) is 5.24. The van der Waals surface area contributed by atoms with Crippen LogP contribution in [0.3, 0.4) is 0 Å². The molecule has 1 aromatic carbocycles. The number of carbonyl (C=O) groups excluding carboxylic acids is 1. The molecule has 0 spiro atoms. The van der Waals surface area contributed by atoms with E-state index in [-0.39, 0.29) is 23.3 Å². The molecule has 2 bridgehead atoms. The van der Waals surface area contributed by atoms with Crippen molar-refractivity contribution >= 4 is 17.4 Å². The summed E-state index contributed by atoms with van der Waals surface area (Å²) in [5.41, 5.74) is 1.36. The highest BCUT2D eigenvalue weighted by atomic mass is 19.4. The molecule has 6 nitrogen and oxygen atoms in total. The molecular weight excluding hydrogens is 459 g/mol. The van der Waals surface area contributed by atoms with E-state index < -0.39 is 17.7 Å². The van der Waals surface area contributed by atoms with Gasteiger partial charge >= 0.3 is 12.1 Å². The molecule has 3 fully saturated rings. The monoisotopic (exact) mass is 485 g/mol. The van der Waals surface area contributed by atoms with E-state index in [4.69, 9.17) is 0 Å². The van der Waals surface area contributed by atoms with Crippen LogP contribution in [0.5, 0.6) is 0 Å². The van der Waals surface area contributed by atoms with E-state index in [1.54, 1.807) is 16.8 Å². The lowest BCUT2D eigenvalue weighted by atomic mass is 9.56. The van der Waals surface area contributed by atoms with Gasteiger partial charge in [-0.05, 0) is 79.7 Å². The highest BCUT2D eigenvalue weighted by Gasteiger charge is 2.50. The van der Waals surface area contributed by atoms with Gasteiger partial charge in [-0.25, -0.2) is 4.52 Å². The van der Waals surface area contributed by atoms with Crippen molar-refractivity contribution in [1.29, 1.82) is 0 Å². The number of pyridine rings is 1. The van der Waals surface area contributed by atoms with E-state index in [0.717, 1.165) is 56.2 Å². The number of amides is 1. The molecule has 1 amide bonds. The molecule has 0 radical (unpaired) electrons. The van der Waals surface area contributed by atoms with Crippen molar-refractivity contribution < 1.29 is 27.9 Å². The lowest BCUT2D eigenvalue weighted by Gasteiger charge is -2.53. The van der Waals surface area contributed by atoms with E-state index in [9.17, 15) is 27.9 Å². The Morgan fingerprint density at radius 1 is 1.03 bits per heavy atom. The zero-order chi connectivity index (χ0) is 24.8. The van der Waals surface area contributed by atoms with Gasteiger partial charge in [0.2, 0.25) is 0 Å². The molecule has 9 heteroatoms. The lowest BCUT2D eigenvalue weighted by Crippen LogP contribution is -2.56. The van der Waals surface area contributed by atoms with Crippen LogP contribution in [0.25, 0.3) is 5.52 Å². The first-order valence-electron chi connectivity index (χ1n) is 11.7. The van der Waals surface area contributed by atoms with Crippen molar-refractivity contribution in [3.8, 4) is 0 Å². The first kappa shape index (κ1) is 23.4. The van der Waals surface area contributed by atoms with Crippen molar-refractivity contribution in [3.63, 3.8) is 0 Å². The zero-order valence-electron chi connectivity index (χ0n) is 19.1. The normalized spacial score (nSPS) is 24.0. The Hall–Kier alpha value is -3.36. The largest absolute Gasteiger partial charge is 0.481 e. The molecular formula is C26H26F3N3O3. The van der Waals surface area contributed by atoms with Crippen LogP contribution in [0.15, 0.2) is 48.8 Å². The maximum Gasteiger partial charge on any atom is 0.416 e. The molecule has 0 atom stereocenters. The molecule has 3 aliphatic rings. The molecule has 3 saturated carbocycles. The van der Waals surface area contributed by atoms with Crippen LogP contribution in [0.1, 0.15) is 72.0 Å². The average Bonchev–Trinajstić information content (AvgIpc) is 3.25. The Kier molecular flexibility index (Phi) is 5.61. The Labute approximate surface area is 200 Å². The third-order valence-corrected chi connectivity index (χ3v) is 7.85. The predicted molar refractivity (Wildman–Crippen MR) is 122 cm³/mol. The summed E-state index contributed by atoms with van der Waals surface area (Å²) in [6.07, 6.45) is 4.03.